The SMILES string of the molecule is COC(=O)C1C(O)CC2CC=CCC21. The molecule has 1 fully saturated rings. The summed E-state index contributed by atoms with van der Waals surface area (Å²) in [4.78, 5) is 11.5. The number of hydrogen-bond acceptors (Lipinski definition) is 3. The molecule has 1 saturated carbocycles. The number of ether oxygens (including phenoxy) is 1. The van der Waals surface area contributed by atoms with Gasteiger partial charge < -0.3 is 9.84 Å². The van der Waals surface area contributed by atoms with E-state index in [-0.39, 0.29) is 11.9 Å². The second-order valence-electron chi connectivity index (χ2n) is 4.22. The Morgan fingerprint density at radius 2 is 2.14 bits per heavy atom. The Morgan fingerprint density at radius 3 is 2.86 bits per heavy atom. The van der Waals surface area contributed by atoms with Gasteiger partial charge in [0.1, 0.15) is 0 Å². The number of esters is 1. The van der Waals surface area contributed by atoms with Gasteiger partial charge >= 0.3 is 5.97 Å². The van der Waals surface area contributed by atoms with Gasteiger partial charge in [0.05, 0.1) is 19.1 Å². The maximum atomic E-state index is 11.5. The van der Waals surface area contributed by atoms with Crippen molar-refractivity contribution in [1.82, 2.24) is 0 Å². The van der Waals surface area contributed by atoms with Crippen LogP contribution in [0.4, 0.5) is 0 Å². The lowest BCUT2D eigenvalue weighted by Gasteiger charge is -2.24. The van der Waals surface area contributed by atoms with Crippen LogP contribution in [-0.4, -0.2) is 24.3 Å². The van der Waals surface area contributed by atoms with Gasteiger partial charge in [-0.1, -0.05) is 12.2 Å². The van der Waals surface area contributed by atoms with Gasteiger partial charge in [-0.05, 0) is 31.1 Å². The first-order valence-electron chi connectivity index (χ1n) is 5.15. The molecule has 0 spiro atoms. The predicted molar refractivity (Wildman–Crippen MR) is 51.5 cm³/mol. The normalized spacial score (nSPS) is 40.7. The van der Waals surface area contributed by atoms with Crippen LogP contribution in [0.25, 0.3) is 0 Å². The third-order valence-corrected chi connectivity index (χ3v) is 3.51. The summed E-state index contributed by atoms with van der Waals surface area (Å²) in [5, 5.41) is 9.79. The van der Waals surface area contributed by atoms with Crippen LogP contribution in [0.15, 0.2) is 12.2 Å². The van der Waals surface area contributed by atoms with Gasteiger partial charge in [-0.2, -0.15) is 0 Å². The van der Waals surface area contributed by atoms with E-state index in [0.29, 0.717) is 11.8 Å². The zero-order chi connectivity index (χ0) is 10.1. The molecule has 1 N–H and O–H groups in total. The van der Waals surface area contributed by atoms with Gasteiger partial charge in [-0.15, -0.1) is 0 Å². The topological polar surface area (TPSA) is 46.5 Å². The molecule has 3 heteroatoms. The summed E-state index contributed by atoms with van der Waals surface area (Å²) in [6, 6.07) is 0. The summed E-state index contributed by atoms with van der Waals surface area (Å²) in [7, 11) is 1.39. The first-order valence-corrected chi connectivity index (χ1v) is 5.15. The van der Waals surface area contributed by atoms with Gasteiger partial charge in [0.15, 0.2) is 0 Å². The summed E-state index contributed by atoms with van der Waals surface area (Å²) in [5.41, 5.74) is 0. The van der Waals surface area contributed by atoms with Crippen LogP contribution in [0.2, 0.25) is 0 Å². The summed E-state index contributed by atoms with van der Waals surface area (Å²) in [6.07, 6.45) is 6.39. The molecule has 14 heavy (non-hydrogen) atoms. The van der Waals surface area contributed by atoms with Crippen molar-refractivity contribution in [1.29, 1.82) is 0 Å². The zero-order valence-electron chi connectivity index (χ0n) is 8.35. The number of aliphatic hydroxyl groups is 1. The summed E-state index contributed by atoms with van der Waals surface area (Å²) >= 11 is 0. The van der Waals surface area contributed by atoms with Gasteiger partial charge in [-0.3, -0.25) is 4.79 Å². The molecular formula is C11H16O3. The fourth-order valence-electron chi connectivity index (χ4n) is 2.81. The van der Waals surface area contributed by atoms with Crippen molar-refractivity contribution in [2.75, 3.05) is 7.11 Å². The largest absolute Gasteiger partial charge is 0.469 e. The molecule has 0 aromatic heterocycles. The molecule has 4 unspecified atom stereocenters. The van der Waals surface area contributed by atoms with Crippen molar-refractivity contribution < 1.29 is 14.6 Å². The highest BCUT2D eigenvalue weighted by Crippen LogP contribution is 2.44. The van der Waals surface area contributed by atoms with Gasteiger partial charge in [0.2, 0.25) is 0 Å². The maximum Gasteiger partial charge on any atom is 0.311 e. The number of hydrogen-bond donors (Lipinski definition) is 1. The minimum absolute atomic E-state index is 0.250. The third kappa shape index (κ3) is 1.46. The summed E-state index contributed by atoms with van der Waals surface area (Å²) in [6.45, 7) is 0. The monoisotopic (exact) mass is 196 g/mol. The number of fused-ring (bicyclic) bond motifs is 1. The maximum absolute atomic E-state index is 11.5. The van der Waals surface area contributed by atoms with Crippen LogP contribution >= 0.6 is 0 Å². The van der Waals surface area contributed by atoms with Crippen LogP contribution in [0, 0.1) is 17.8 Å². The fraction of sp³-hybridized carbons (Fsp3) is 0.727. The molecule has 0 amide bonds. The lowest BCUT2D eigenvalue weighted by molar-refractivity contribution is -0.150. The Balaban J connectivity index is 2.15. The highest BCUT2D eigenvalue weighted by atomic mass is 16.5. The van der Waals surface area contributed by atoms with Crippen molar-refractivity contribution >= 4 is 5.97 Å². The van der Waals surface area contributed by atoms with Gasteiger partial charge in [-0.25, -0.2) is 0 Å². The van der Waals surface area contributed by atoms with E-state index in [1.165, 1.54) is 7.11 Å². The Kier molecular flexibility index (Phi) is 2.59. The predicted octanol–water partition coefficient (Wildman–Crippen LogP) is 1.12. The quantitative estimate of drug-likeness (QED) is 0.505. The second-order valence-corrected chi connectivity index (χ2v) is 4.22. The average Bonchev–Trinajstić information content (AvgIpc) is 2.53. The van der Waals surface area contributed by atoms with Crippen LogP contribution in [0.3, 0.4) is 0 Å². The molecule has 0 radical (unpaired) electrons. The van der Waals surface area contributed by atoms with E-state index in [4.69, 9.17) is 4.74 Å². The Labute approximate surface area is 83.8 Å². The molecule has 2 aliphatic rings. The van der Waals surface area contributed by atoms with E-state index in [9.17, 15) is 9.90 Å². The van der Waals surface area contributed by atoms with Gasteiger partial charge in [0, 0.05) is 0 Å². The lowest BCUT2D eigenvalue weighted by Crippen LogP contribution is -2.30. The van der Waals surface area contributed by atoms with Crippen LogP contribution in [0.1, 0.15) is 19.3 Å². The molecule has 4 atom stereocenters. The smallest absolute Gasteiger partial charge is 0.311 e. The van der Waals surface area contributed by atoms with E-state index in [1.54, 1.807) is 0 Å². The Bertz CT molecular complexity index is 259. The minimum atomic E-state index is -0.502. The number of aliphatic hydroxyl groups excluding tert-OH is 1. The highest BCUT2D eigenvalue weighted by molar-refractivity contribution is 5.74. The molecule has 0 heterocycles. The van der Waals surface area contributed by atoms with E-state index >= 15 is 0 Å². The van der Waals surface area contributed by atoms with Crippen molar-refractivity contribution in [3.63, 3.8) is 0 Å². The van der Waals surface area contributed by atoms with Crippen molar-refractivity contribution in [3.8, 4) is 0 Å². The van der Waals surface area contributed by atoms with E-state index < -0.39 is 6.10 Å². The fourth-order valence-corrected chi connectivity index (χ4v) is 2.81. The molecule has 78 valence electrons. The number of carbonyl (C=O) groups is 1. The number of carbonyl (C=O) groups excluding carboxylic acids is 1. The molecule has 3 nitrogen and oxygen atoms in total. The van der Waals surface area contributed by atoms with Crippen LogP contribution in [-0.2, 0) is 9.53 Å². The minimum Gasteiger partial charge on any atom is -0.469 e. The zero-order valence-corrected chi connectivity index (χ0v) is 8.35. The van der Waals surface area contributed by atoms with Crippen molar-refractivity contribution in [3.05, 3.63) is 12.2 Å². The molecule has 2 rings (SSSR count). The lowest BCUT2D eigenvalue weighted by atomic mass is 9.81. The number of rotatable bonds is 1. The summed E-state index contributed by atoms with van der Waals surface area (Å²) < 4.78 is 4.73. The molecule has 0 aromatic rings. The van der Waals surface area contributed by atoms with E-state index in [2.05, 4.69) is 12.2 Å². The molecule has 2 aliphatic carbocycles. The first kappa shape index (κ1) is 9.71. The molecular weight excluding hydrogens is 180 g/mol. The third-order valence-electron chi connectivity index (χ3n) is 3.51. The second kappa shape index (κ2) is 3.73. The molecule has 0 saturated heterocycles. The van der Waals surface area contributed by atoms with Crippen LogP contribution < -0.4 is 0 Å². The molecule has 0 aliphatic heterocycles. The van der Waals surface area contributed by atoms with E-state index in [0.717, 1.165) is 19.3 Å². The summed E-state index contributed by atoms with van der Waals surface area (Å²) in [5.74, 6) is 0.219. The van der Waals surface area contributed by atoms with Crippen molar-refractivity contribution in [2.45, 2.75) is 25.4 Å². The Morgan fingerprint density at radius 1 is 1.43 bits per heavy atom. The molecule has 0 bridgehead atoms. The number of methoxy groups -OCH3 is 1. The standard InChI is InChI=1S/C11H16O3/c1-14-11(13)10-8-5-3-2-4-7(8)6-9(10)12/h2-3,7-10,12H,4-6H2,1H3. The molecule has 0 aromatic carbocycles. The van der Waals surface area contributed by atoms with Crippen LogP contribution in [0.5, 0.6) is 0 Å². The Hall–Kier alpha value is -0.830. The van der Waals surface area contributed by atoms with E-state index in [1.807, 2.05) is 0 Å². The van der Waals surface area contributed by atoms with Gasteiger partial charge in [0.25, 0.3) is 0 Å². The first-order chi connectivity index (χ1) is 6.74. The number of allylic oxidation sites excluding steroid dienone is 2. The van der Waals surface area contributed by atoms with Crippen molar-refractivity contribution in [2.24, 2.45) is 17.8 Å². The average molecular weight is 196 g/mol. The highest BCUT2D eigenvalue weighted by Gasteiger charge is 2.46.